The summed E-state index contributed by atoms with van der Waals surface area (Å²) in [6.45, 7) is 0. The van der Waals surface area contributed by atoms with Gasteiger partial charge in [0, 0.05) is 20.2 Å². The molecule has 1 aromatic rings. The van der Waals surface area contributed by atoms with Crippen LogP contribution in [0.4, 0.5) is 24.3 Å². The standard InChI is InChI=1S/C8H10N3.BF3/c1-11(2)8-6-4-3-5-7(8)10-9;2-1(3)4/h3-6H,1-2H3;/q+1;. The van der Waals surface area contributed by atoms with Crippen molar-refractivity contribution in [2.45, 2.75) is 0 Å². The summed E-state index contributed by atoms with van der Waals surface area (Å²) in [7, 11) is 0.147. The third-order valence-corrected chi connectivity index (χ3v) is 1.47. The van der Waals surface area contributed by atoms with Gasteiger partial charge < -0.3 is 4.90 Å². The van der Waals surface area contributed by atoms with Gasteiger partial charge in [-0.2, -0.15) is 0 Å². The third kappa shape index (κ3) is 5.57. The molecule has 1 aromatic carbocycles. The molecule has 0 aliphatic rings. The molecule has 0 aliphatic carbocycles. The quantitative estimate of drug-likeness (QED) is 0.533. The van der Waals surface area contributed by atoms with E-state index in [2.05, 4.69) is 4.98 Å². The molecule has 0 saturated carbocycles. The van der Waals surface area contributed by atoms with E-state index in [1.54, 1.807) is 6.07 Å². The summed E-state index contributed by atoms with van der Waals surface area (Å²) in [6, 6.07) is 7.40. The van der Waals surface area contributed by atoms with Gasteiger partial charge in [-0.3, -0.25) is 12.9 Å². The zero-order valence-corrected chi connectivity index (χ0v) is 8.36. The van der Waals surface area contributed by atoms with Crippen LogP contribution in [0.2, 0.25) is 0 Å². The molecule has 0 atom stereocenters. The minimum absolute atomic E-state index is 0.595. The fraction of sp³-hybridized carbons (Fsp3) is 0.250. The van der Waals surface area contributed by atoms with Crippen molar-refractivity contribution in [3.63, 3.8) is 0 Å². The fourth-order valence-electron chi connectivity index (χ4n) is 0.927. The van der Waals surface area contributed by atoms with E-state index in [0.717, 1.165) is 5.69 Å². The molecule has 15 heavy (non-hydrogen) atoms. The predicted octanol–water partition coefficient (Wildman–Crippen LogP) is 3.12. The van der Waals surface area contributed by atoms with Crippen LogP contribution in [0.1, 0.15) is 0 Å². The zero-order chi connectivity index (χ0) is 11.8. The highest BCUT2D eigenvalue weighted by Gasteiger charge is 2.12. The van der Waals surface area contributed by atoms with Crippen LogP contribution in [0.15, 0.2) is 24.3 Å². The van der Waals surface area contributed by atoms with Crippen molar-refractivity contribution >= 4 is 18.9 Å². The molecule has 0 saturated heterocycles. The van der Waals surface area contributed by atoms with Gasteiger partial charge in [0.1, 0.15) is 5.69 Å². The summed E-state index contributed by atoms with van der Waals surface area (Å²) in [5.74, 6) is 0. The van der Waals surface area contributed by atoms with Gasteiger partial charge in [0.05, 0.1) is 0 Å². The summed E-state index contributed by atoms with van der Waals surface area (Å²) >= 11 is 0. The van der Waals surface area contributed by atoms with E-state index in [9.17, 15) is 12.9 Å². The minimum Gasteiger partial charge on any atom is -0.371 e. The Morgan fingerprint density at radius 2 is 1.67 bits per heavy atom. The van der Waals surface area contributed by atoms with Crippen molar-refractivity contribution in [3.05, 3.63) is 29.2 Å². The van der Waals surface area contributed by atoms with Gasteiger partial charge in [-0.1, -0.05) is 12.1 Å². The molecule has 0 aliphatic heterocycles. The normalized spacial score (nSPS) is 8.27. The predicted molar refractivity (Wildman–Crippen MR) is 54.6 cm³/mol. The van der Waals surface area contributed by atoms with Gasteiger partial charge >= 0.3 is 13.2 Å². The van der Waals surface area contributed by atoms with Crippen LogP contribution in [0.3, 0.4) is 0 Å². The van der Waals surface area contributed by atoms with Gasteiger partial charge in [-0.25, -0.2) is 0 Å². The van der Waals surface area contributed by atoms with E-state index in [1.807, 2.05) is 37.2 Å². The monoisotopic (exact) mass is 216 g/mol. The van der Waals surface area contributed by atoms with Crippen molar-refractivity contribution < 1.29 is 12.9 Å². The summed E-state index contributed by atoms with van der Waals surface area (Å²) in [6.07, 6.45) is 0. The molecule has 0 amide bonds. The topological polar surface area (TPSA) is 31.4 Å². The van der Waals surface area contributed by atoms with Crippen molar-refractivity contribution in [3.8, 4) is 0 Å². The maximum Gasteiger partial charge on any atom is 0.762 e. The molecule has 80 valence electrons. The molecule has 0 aromatic heterocycles. The van der Waals surface area contributed by atoms with Crippen LogP contribution >= 0.6 is 0 Å². The Labute approximate surface area is 86.4 Å². The van der Waals surface area contributed by atoms with E-state index in [1.165, 1.54) is 0 Å². The lowest BCUT2D eigenvalue weighted by molar-refractivity contribution is 0.535. The molecule has 0 heterocycles. The number of nitrogens with zero attached hydrogens (tertiary/aromatic N) is 3. The Hall–Kier alpha value is -1.71. The van der Waals surface area contributed by atoms with Crippen LogP contribution in [0.5, 0.6) is 0 Å². The van der Waals surface area contributed by atoms with Crippen molar-refractivity contribution in [1.29, 1.82) is 5.39 Å². The van der Waals surface area contributed by atoms with E-state index in [0.29, 0.717) is 5.69 Å². The number of hydrogen-bond acceptors (Lipinski definition) is 2. The van der Waals surface area contributed by atoms with Crippen LogP contribution in [0, 0.1) is 5.39 Å². The number of hydrogen-bond donors (Lipinski definition) is 0. The molecule has 0 fully saturated rings. The number of rotatable bonds is 1. The van der Waals surface area contributed by atoms with E-state index >= 15 is 0 Å². The Morgan fingerprint density at radius 1 is 1.20 bits per heavy atom. The summed E-state index contributed by atoms with van der Waals surface area (Å²) in [4.78, 5) is 5.05. The first-order chi connectivity index (χ1) is 6.99. The first kappa shape index (κ1) is 13.3. The lowest BCUT2D eigenvalue weighted by Gasteiger charge is -2.07. The molecular formula is C8H10BF3N3+. The average Bonchev–Trinajstić information content (AvgIpc) is 2.16. The van der Waals surface area contributed by atoms with Crippen LogP contribution < -0.4 is 4.90 Å². The summed E-state index contributed by atoms with van der Waals surface area (Å²) in [5.41, 5.74) is 1.51. The highest BCUT2D eigenvalue weighted by Crippen LogP contribution is 2.25. The Bertz CT molecular complexity index is 335. The maximum absolute atomic E-state index is 9.67. The first-order valence-electron chi connectivity index (χ1n) is 4.02. The summed E-state index contributed by atoms with van der Waals surface area (Å²) in [5, 5.41) is 8.57. The highest BCUT2D eigenvalue weighted by atomic mass is 19.4. The van der Waals surface area contributed by atoms with E-state index < -0.39 is 7.54 Å². The van der Waals surface area contributed by atoms with E-state index in [4.69, 9.17) is 5.39 Å². The summed E-state index contributed by atoms with van der Waals surface area (Å²) < 4.78 is 29.0. The van der Waals surface area contributed by atoms with Crippen molar-refractivity contribution in [2.24, 2.45) is 0 Å². The van der Waals surface area contributed by atoms with Crippen LogP contribution in [-0.4, -0.2) is 21.6 Å². The lowest BCUT2D eigenvalue weighted by atomic mass is 10.2. The van der Waals surface area contributed by atoms with E-state index in [-0.39, 0.29) is 0 Å². The smallest absolute Gasteiger partial charge is 0.371 e. The average molecular weight is 216 g/mol. The van der Waals surface area contributed by atoms with Crippen LogP contribution in [-0.2, 0) is 0 Å². The maximum atomic E-state index is 9.67. The number of diazo groups is 1. The SMILES string of the molecule is CN(C)c1ccccc1[N+]#N.FB(F)F. The van der Waals surface area contributed by atoms with Crippen molar-refractivity contribution in [2.75, 3.05) is 19.0 Å². The number of anilines is 1. The Kier molecular flexibility index (Phi) is 5.94. The highest BCUT2D eigenvalue weighted by molar-refractivity contribution is 6.33. The number of benzene rings is 1. The van der Waals surface area contributed by atoms with Gasteiger partial charge in [0.25, 0.3) is 0 Å². The van der Waals surface area contributed by atoms with Crippen LogP contribution in [0.25, 0.3) is 4.98 Å². The molecule has 0 bridgehead atoms. The Morgan fingerprint density at radius 3 is 2.00 bits per heavy atom. The van der Waals surface area contributed by atoms with Gasteiger partial charge in [-0.05, 0) is 6.07 Å². The molecule has 0 radical (unpaired) electrons. The largest absolute Gasteiger partial charge is 0.762 e. The Balaban J connectivity index is 0.000000423. The molecule has 0 unspecified atom stereocenters. The molecule has 0 N–H and O–H groups in total. The fourth-order valence-corrected chi connectivity index (χ4v) is 0.927. The molecule has 3 nitrogen and oxygen atoms in total. The minimum atomic E-state index is -3.67. The number of para-hydroxylation sites is 1. The second-order valence-electron chi connectivity index (χ2n) is 2.73. The van der Waals surface area contributed by atoms with Gasteiger partial charge in [0.2, 0.25) is 5.39 Å². The molecule has 7 heteroatoms. The second kappa shape index (κ2) is 6.70. The second-order valence-corrected chi connectivity index (χ2v) is 2.73. The molecule has 1 rings (SSSR count). The molecule has 0 spiro atoms. The lowest BCUT2D eigenvalue weighted by Crippen LogP contribution is -2.08. The first-order valence-corrected chi connectivity index (χ1v) is 4.02. The number of halogens is 3. The molecular weight excluding hydrogens is 206 g/mol. The third-order valence-electron chi connectivity index (χ3n) is 1.47. The van der Waals surface area contributed by atoms with Crippen molar-refractivity contribution in [1.82, 2.24) is 0 Å². The van der Waals surface area contributed by atoms with Gasteiger partial charge in [0.15, 0.2) is 4.98 Å². The van der Waals surface area contributed by atoms with Gasteiger partial charge in [-0.15, -0.1) is 0 Å². The zero-order valence-electron chi connectivity index (χ0n) is 8.36.